The van der Waals surface area contributed by atoms with Crippen LogP contribution in [0.3, 0.4) is 0 Å². The van der Waals surface area contributed by atoms with Gasteiger partial charge in [-0.2, -0.15) is 0 Å². The van der Waals surface area contributed by atoms with Gasteiger partial charge >= 0.3 is 0 Å². The molecule has 0 bridgehead atoms. The Kier molecular flexibility index (Phi) is 5.61. The number of fused-ring (bicyclic) bond motifs is 5. The summed E-state index contributed by atoms with van der Waals surface area (Å²) in [5.41, 5.74) is 12.1. The molecule has 0 amide bonds. The lowest BCUT2D eigenvalue weighted by atomic mass is 9.82. The van der Waals surface area contributed by atoms with E-state index in [2.05, 4.69) is 153 Å². The Morgan fingerprint density at radius 3 is 2.32 bits per heavy atom. The lowest BCUT2D eigenvalue weighted by Crippen LogP contribution is -2.18. The third-order valence-corrected chi connectivity index (χ3v) is 7.79. The molecule has 37 heavy (non-hydrogen) atoms. The molecule has 2 nitrogen and oxygen atoms in total. The number of allylic oxidation sites excluding steroid dienone is 4. The molecular formula is C35H32N2. The van der Waals surface area contributed by atoms with Crippen molar-refractivity contribution in [3.8, 4) is 11.1 Å². The summed E-state index contributed by atoms with van der Waals surface area (Å²) in [6.45, 7) is 11.3. The van der Waals surface area contributed by atoms with Crippen LogP contribution in [0.4, 0.5) is 17.1 Å². The molecule has 1 unspecified atom stereocenters. The fourth-order valence-corrected chi connectivity index (χ4v) is 5.82. The number of hydrogen-bond donors (Lipinski definition) is 1. The van der Waals surface area contributed by atoms with E-state index >= 15 is 0 Å². The fourth-order valence-electron chi connectivity index (χ4n) is 5.82. The topological polar surface area (TPSA) is 15.3 Å². The van der Waals surface area contributed by atoms with E-state index in [1.54, 1.807) is 0 Å². The highest BCUT2D eigenvalue weighted by atomic mass is 15.1. The summed E-state index contributed by atoms with van der Waals surface area (Å²) in [5.74, 6) is 0. The first-order chi connectivity index (χ1) is 18.0. The van der Waals surface area contributed by atoms with Gasteiger partial charge in [-0.25, -0.2) is 0 Å². The highest BCUT2D eigenvalue weighted by Crippen LogP contribution is 2.55. The molecule has 1 heterocycles. The molecule has 0 aromatic heterocycles. The van der Waals surface area contributed by atoms with Gasteiger partial charge in [0.1, 0.15) is 0 Å². The van der Waals surface area contributed by atoms with Crippen LogP contribution in [0.5, 0.6) is 0 Å². The van der Waals surface area contributed by atoms with Crippen molar-refractivity contribution in [1.82, 2.24) is 0 Å². The maximum Gasteiger partial charge on any atom is 0.0688 e. The molecule has 0 spiro atoms. The molecule has 4 aromatic carbocycles. The molecule has 2 aliphatic rings. The van der Waals surface area contributed by atoms with Crippen molar-refractivity contribution in [3.63, 3.8) is 0 Å². The van der Waals surface area contributed by atoms with E-state index in [0.29, 0.717) is 0 Å². The Labute approximate surface area is 220 Å². The maximum atomic E-state index is 4.45. The van der Waals surface area contributed by atoms with Crippen LogP contribution in [0.1, 0.15) is 49.1 Å². The van der Waals surface area contributed by atoms with E-state index in [-0.39, 0.29) is 11.5 Å². The van der Waals surface area contributed by atoms with E-state index < -0.39 is 0 Å². The van der Waals surface area contributed by atoms with E-state index in [1.165, 1.54) is 33.5 Å². The smallest absolute Gasteiger partial charge is 0.0688 e. The molecule has 0 saturated heterocycles. The Hall–Kier alpha value is -4.30. The van der Waals surface area contributed by atoms with Gasteiger partial charge in [0.15, 0.2) is 0 Å². The summed E-state index contributed by atoms with van der Waals surface area (Å²) in [5, 5.41) is 3.79. The molecule has 1 aliphatic heterocycles. The number of para-hydroxylation sites is 2. The highest BCUT2D eigenvalue weighted by Gasteiger charge is 2.38. The number of nitrogens with zero attached hydrogens (tertiary/aromatic N) is 1. The minimum atomic E-state index is -0.0739. The second-order valence-corrected chi connectivity index (χ2v) is 10.4. The van der Waals surface area contributed by atoms with E-state index in [4.69, 9.17) is 0 Å². The summed E-state index contributed by atoms with van der Waals surface area (Å²) in [4.78, 5) is 2.35. The molecule has 2 heteroatoms. The molecule has 0 fully saturated rings. The lowest BCUT2D eigenvalue weighted by Gasteiger charge is -2.31. The molecule has 0 saturated carbocycles. The normalized spacial score (nSPS) is 17.6. The first-order valence-electron chi connectivity index (χ1n) is 13.0. The number of hydrogen-bond acceptors (Lipinski definition) is 2. The Morgan fingerprint density at radius 1 is 0.757 bits per heavy atom. The largest absolute Gasteiger partial charge is 0.377 e. The second kappa shape index (κ2) is 8.97. The third kappa shape index (κ3) is 3.81. The predicted octanol–water partition coefficient (Wildman–Crippen LogP) is 9.40. The zero-order valence-electron chi connectivity index (χ0n) is 21.7. The van der Waals surface area contributed by atoms with Crippen molar-refractivity contribution in [3.05, 3.63) is 144 Å². The zero-order chi connectivity index (χ0) is 25.6. The van der Waals surface area contributed by atoms with Gasteiger partial charge in [0.25, 0.3) is 0 Å². The zero-order valence-corrected chi connectivity index (χ0v) is 21.7. The van der Waals surface area contributed by atoms with Gasteiger partial charge in [-0.15, -0.1) is 0 Å². The van der Waals surface area contributed by atoms with Gasteiger partial charge < -0.3 is 10.2 Å². The van der Waals surface area contributed by atoms with E-state index in [9.17, 15) is 0 Å². The molecule has 1 aliphatic carbocycles. The van der Waals surface area contributed by atoms with Gasteiger partial charge in [0.2, 0.25) is 0 Å². The van der Waals surface area contributed by atoms with Crippen LogP contribution >= 0.6 is 0 Å². The van der Waals surface area contributed by atoms with Crippen molar-refractivity contribution in [1.29, 1.82) is 0 Å². The number of benzene rings is 4. The fraction of sp³-hybridized carbons (Fsp3) is 0.143. The van der Waals surface area contributed by atoms with Crippen LogP contribution in [0.15, 0.2) is 122 Å². The van der Waals surface area contributed by atoms with Crippen molar-refractivity contribution in [2.24, 2.45) is 0 Å². The van der Waals surface area contributed by atoms with Gasteiger partial charge in [0, 0.05) is 28.8 Å². The number of rotatable bonds is 4. The van der Waals surface area contributed by atoms with Crippen LogP contribution in [0.2, 0.25) is 0 Å². The Bertz CT molecular complexity index is 1560. The van der Waals surface area contributed by atoms with Crippen molar-refractivity contribution in [2.45, 2.75) is 32.2 Å². The summed E-state index contributed by atoms with van der Waals surface area (Å²) in [6.07, 6.45) is 8.47. The van der Waals surface area contributed by atoms with Gasteiger partial charge in [-0.3, -0.25) is 0 Å². The SMILES string of the molecule is C=C1/C=C\C=C/N(c2ccccc2NC(C)c2ccccc2)c2c1ccc1c2-c2ccccc2C1(C)C. The van der Waals surface area contributed by atoms with Gasteiger partial charge in [-0.1, -0.05) is 111 Å². The van der Waals surface area contributed by atoms with E-state index in [1.807, 2.05) is 0 Å². The Morgan fingerprint density at radius 2 is 1.49 bits per heavy atom. The van der Waals surface area contributed by atoms with Crippen molar-refractivity contribution in [2.75, 3.05) is 10.2 Å². The summed E-state index contributed by atoms with van der Waals surface area (Å²) >= 11 is 0. The predicted molar refractivity (Wildman–Crippen MR) is 158 cm³/mol. The van der Waals surface area contributed by atoms with Crippen LogP contribution in [-0.2, 0) is 5.41 Å². The second-order valence-electron chi connectivity index (χ2n) is 10.4. The van der Waals surface area contributed by atoms with E-state index in [0.717, 1.165) is 22.5 Å². The van der Waals surface area contributed by atoms with Crippen LogP contribution < -0.4 is 10.2 Å². The molecule has 0 radical (unpaired) electrons. The van der Waals surface area contributed by atoms with Gasteiger partial charge in [-0.05, 0) is 53.0 Å². The monoisotopic (exact) mass is 480 g/mol. The van der Waals surface area contributed by atoms with Crippen LogP contribution in [-0.4, -0.2) is 0 Å². The van der Waals surface area contributed by atoms with Crippen LogP contribution in [0.25, 0.3) is 16.7 Å². The molecule has 6 rings (SSSR count). The molecule has 4 aromatic rings. The minimum Gasteiger partial charge on any atom is -0.377 e. The third-order valence-electron chi connectivity index (χ3n) is 7.79. The van der Waals surface area contributed by atoms with Crippen molar-refractivity contribution >= 4 is 22.6 Å². The maximum absolute atomic E-state index is 4.45. The van der Waals surface area contributed by atoms with Gasteiger partial charge in [0.05, 0.1) is 17.1 Å². The summed E-state index contributed by atoms with van der Waals surface area (Å²) in [7, 11) is 0. The van der Waals surface area contributed by atoms with Crippen LogP contribution in [0, 0.1) is 0 Å². The molecule has 182 valence electrons. The average Bonchev–Trinajstić information content (AvgIpc) is 3.15. The highest BCUT2D eigenvalue weighted by molar-refractivity contribution is 6.00. The standard InChI is InChI=1S/C35H32N2/c1-24-14-12-13-23-37(32-20-11-10-19-31(32)36-25(2)26-15-6-5-7-16-26)34-27(24)21-22-30-33(34)28-17-8-9-18-29(28)35(30,3)4/h5-23,25,36H,1H2,2-4H3/b14-12-,23-13-. The summed E-state index contributed by atoms with van der Waals surface area (Å²) in [6, 6.07) is 32.8. The first kappa shape index (κ1) is 23.1. The molecular weight excluding hydrogens is 448 g/mol. The minimum absolute atomic E-state index is 0.0739. The lowest BCUT2D eigenvalue weighted by molar-refractivity contribution is 0.660. The number of anilines is 3. The number of nitrogens with one attached hydrogen (secondary N) is 1. The molecule has 1 N–H and O–H groups in total. The Balaban J connectivity index is 1.57. The summed E-state index contributed by atoms with van der Waals surface area (Å²) < 4.78 is 0. The molecule has 1 atom stereocenters. The van der Waals surface area contributed by atoms with Crippen molar-refractivity contribution < 1.29 is 0 Å². The quantitative estimate of drug-likeness (QED) is 0.313. The average molecular weight is 481 g/mol. The first-order valence-corrected chi connectivity index (χ1v) is 13.0.